The summed E-state index contributed by atoms with van der Waals surface area (Å²) in [6.07, 6.45) is 2.44. The monoisotopic (exact) mass is 473 g/mol. The van der Waals surface area contributed by atoms with Crippen molar-refractivity contribution in [1.82, 2.24) is 9.21 Å². The highest BCUT2D eigenvalue weighted by atomic mass is 32.2. The molecule has 2 aromatic carbocycles. The predicted molar refractivity (Wildman–Crippen MR) is 127 cm³/mol. The minimum atomic E-state index is -3.83. The van der Waals surface area contributed by atoms with E-state index in [2.05, 4.69) is 5.32 Å². The average Bonchev–Trinajstić information content (AvgIpc) is 3.31. The molecule has 0 spiro atoms. The Labute approximate surface area is 195 Å². The minimum Gasteiger partial charge on any atom is -0.494 e. The second-order valence-corrected chi connectivity index (χ2v) is 10.2. The normalized spacial score (nSPS) is 13.9. The van der Waals surface area contributed by atoms with E-state index >= 15 is 0 Å². The van der Waals surface area contributed by atoms with Gasteiger partial charge >= 0.3 is 0 Å². The lowest BCUT2D eigenvalue weighted by atomic mass is 10.1. The number of likely N-dealkylation sites (N-methyl/N-ethyl adjacent to an activating group) is 1. The van der Waals surface area contributed by atoms with Crippen molar-refractivity contribution < 1.29 is 22.7 Å². The fraction of sp³-hybridized carbons (Fsp3) is 0.417. The first-order valence-corrected chi connectivity index (χ1v) is 12.5. The van der Waals surface area contributed by atoms with E-state index < -0.39 is 15.9 Å². The number of aryl methyl sites for hydroxylation is 1. The second-order valence-electron chi connectivity index (χ2n) is 8.13. The Morgan fingerprint density at radius 1 is 1.09 bits per heavy atom. The Bertz CT molecular complexity index is 1090. The van der Waals surface area contributed by atoms with E-state index in [-0.39, 0.29) is 17.3 Å². The van der Waals surface area contributed by atoms with Crippen LogP contribution < -0.4 is 10.1 Å². The summed E-state index contributed by atoms with van der Waals surface area (Å²) in [7, 11) is -2.47. The predicted octanol–water partition coefficient (Wildman–Crippen LogP) is 2.82. The Morgan fingerprint density at radius 3 is 2.36 bits per heavy atom. The van der Waals surface area contributed by atoms with E-state index in [1.807, 2.05) is 11.8 Å². The molecule has 1 fully saturated rings. The smallest absolute Gasteiger partial charge is 0.243 e. The fourth-order valence-electron chi connectivity index (χ4n) is 3.73. The van der Waals surface area contributed by atoms with Crippen LogP contribution in [0.3, 0.4) is 0 Å². The number of carbonyl (C=O) groups is 2. The van der Waals surface area contributed by atoms with Crippen molar-refractivity contribution in [3.8, 4) is 5.75 Å². The standard InChI is InChI=1S/C24H31N3O5S/c1-4-32-22-12-11-21(15-18(22)2)33(30,31)26(3)17-23(28)25-20-9-7-19(8-10-20)16-24(29)27-13-5-6-14-27/h7-12,15H,4-6,13-14,16-17H2,1-3H3,(H,25,28). The topological polar surface area (TPSA) is 96.0 Å². The zero-order chi connectivity index (χ0) is 24.0. The first kappa shape index (κ1) is 24.7. The lowest BCUT2D eigenvalue weighted by molar-refractivity contribution is -0.129. The number of rotatable bonds is 9. The molecule has 1 aliphatic heterocycles. The van der Waals surface area contributed by atoms with Crippen LogP contribution in [0.2, 0.25) is 0 Å². The summed E-state index contributed by atoms with van der Waals surface area (Å²) in [5.74, 6) is 0.285. The van der Waals surface area contributed by atoms with Gasteiger partial charge in [-0.1, -0.05) is 12.1 Å². The van der Waals surface area contributed by atoms with Crippen LogP contribution >= 0.6 is 0 Å². The summed E-state index contributed by atoms with van der Waals surface area (Å²) in [5, 5.41) is 2.71. The van der Waals surface area contributed by atoms with Crippen molar-refractivity contribution in [3.63, 3.8) is 0 Å². The maximum absolute atomic E-state index is 12.9. The van der Waals surface area contributed by atoms with Crippen molar-refractivity contribution in [1.29, 1.82) is 0 Å². The van der Waals surface area contributed by atoms with Crippen molar-refractivity contribution in [2.45, 2.75) is 38.0 Å². The number of ether oxygens (including phenoxy) is 1. The third kappa shape index (κ3) is 6.33. The highest BCUT2D eigenvalue weighted by molar-refractivity contribution is 7.89. The number of amides is 2. The van der Waals surface area contributed by atoms with Crippen LogP contribution in [0.15, 0.2) is 47.4 Å². The summed E-state index contributed by atoms with van der Waals surface area (Å²) in [6.45, 7) is 5.43. The van der Waals surface area contributed by atoms with Gasteiger partial charge in [0.05, 0.1) is 24.5 Å². The third-order valence-electron chi connectivity index (χ3n) is 5.57. The van der Waals surface area contributed by atoms with Crippen LogP contribution in [0.25, 0.3) is 0 Å². The molecule has 1 heterocycles. The average molecular weight is 474 g/mol. The molecular weight excluding hydrogens is 442 g/mol. The van der Waals surface area contributed by atoms with Gasteiger partial charge in [0.1, 0.15) is 5.75 Å². The van der Waals surface area contributed by atoms with Gasteiger partial charge in [-0.25, -0.2) is 8.42 Å². The quantitative estimate of drug-likeness (QED) is 0.604. The molecule has 0 radical (unpaired) electrons. The summed E-state index contributed by atoms with van der Waals surface area (Å²) < 4.78 is 32.2. The number of likely N-dealkylation sites (tertiary alicyclic amines) is 1. The van der Waals surface area contributed by atoms with Crippen LogP contribution in [0.4, 0.5) is 5.69 Å². The van der Waals surface area contributed by atoms with E-state index in [0.29, 0.717) is 30.0 Å². The van der Waals surface area contributed by atoms with Gasteiger partial charge in [0.2, 0.25) is 21.8 Å². The molecule has 33 heavy (non-hydrogen) atoms. The van der Waals surface area contributed by atoms with E-state index in [1.165, 1.54) is 19.2 Å². The van der Waals surface area contributed by atoms with Gasteiger partial charge in [-0.05, 0) is 68.1 Å². The van der Waals surface area contributed by atoms with Gasteiger partial charge < -0.3 is 15.0 Å². The molecule has 0 bridgehead atoms. The summed E-state index contributed by atoms with van der Waals surface area (Å²) in [6, 6.07) is 11.7. The summed E-state index contributed by atoms with van der Waals surface area (Å²) in [4.78, 5) is 26.7. The Kier molecular flexibility index (Phi) is 8.10. The van der Waals surface area contributed by atoms with Gasteiger partial charge in [-0.2, -0.15) is 4.31 Å². The lowest BCUT2D eigenvalue weighted by Gasteiger charge is -2.18. The Balaban J connectivity index is 1.57. The number of carbonyl (C=O) groups excluding carboxylic acids is 2. The fourth-order valence-corrected chi connectivity index (χ4v) is 4.94. The molecule has 178 valence electrons. The zero-order valence-electron chi connectivity index (χ0n) is 19.3. The molecule has 1 aliphatic rings. The van der Waals surface area contributed by atoms with Crippen LogP contribution in [0, 0.1) is 6.92 Å². The Morgan fingerprint density at radius 2 is 1.76 bits per heavy atom. The van der Waals surface area contributed by atoms with E-state index in [4.69, 9.17) is 4.74 Å². The number of nitrogens with one attached hydrogen (secondary N) is 1. The van der Waals surface area contributed by atoms with Crippen molar-refractivity contribution >= 4 is 27.5 Å². The van der Waals surface area contributed by atoms with Crippen LogP contribution in [0.5, 0.6) is 5.75 Å². The molecule has 0 unspecified atom stereocenters. The first-order chi connectivity index (χ1) is 15.7. The highest BCUT2D eigenvalue weighted by Gasteiger charge is 2.24. The van der Waals surface area contributed by atoms with E-state index in [1.54, 1.807) is 37.3 Å². The molecule has 8 nitrogen and oxygen atoms in total. The Hall–Kier alpha value is -2.91. The highest BCUT2D eigenvalue weighted by Crippen LogP contribution is 2.23. The van der Waals surface area contributed by atoms with Gasteiger partial charge in [-0.15, -0.1) is 0 Å². The molecule has 1 N–H and O–H groups in total. The van der Waals surface area contributed by atoms with E-state index in [0.717, 1.165) is 35.8 Å². The van der Waals surface area contributed by atoms with Crippen LogP contribution in [-0.2, 0) is 26.0 Å². The summed E-state index contributed by atoms with van der Waals surface area (Å²) >= 11 is 0. The maximum Gasteiger partial charge on any atom is 0.243 e. The van der Waals surface area contributed by atoms with Crippen LogP contribution in [0.1, 0.15) is 30.9 Å². The molecular formula is C24H31N3O5S. The van der Waals surface area contributed by atoms with Crippen molar-refractivity contribution in [3.05, 3.63) is 53.6 Å². The zero-order valence-corrected chi connectivity index (χ0v) is 20.2. The second kappa shape index (κ2) is 10.8. The molecule has 2 aromatic rings. The maximum atomic E-state index is 12.9. The van der Waals surface area contributed by atoms with Crippen LogP contribution in [-0.4, -0.2) is 62.7 Å². The molecule has 0 atom stereocenters. The van der Waals surface area contributed by atoms with Gasteiger partial charge in [-0.3, -0.25) is 9.59 Å². The molecule has 3 rings (SSSR count). The van der Waals surface area contributed by atoms with Crippen molar-refractivity contribution in [2.75, 3.05) is 38.6 Å². The number of hydrogen-bond donors (Lipinski definition) is 1. The number of nitrogens with zero attached hydrogens (tertiary/aromatic N) is 2. The van der Waals surface area contributed by atoms with Gasteiger partial charge in [0.25, 0.3) is 0 Å². The lowest BCUT2D eigenvalue weighted by Crippen LogP contribution is -2.35. The van der Waals surface area contributed by atoms with E-state index in [9.17, 15) is 18.0 Å². The van der Waals surface area contributed by atoms with Gasteiger partial charge in [0.15, 0.2) is 0 Å². The largest absolute Gasteiger partial charge is 0.494 e. The first-order valence-electron chi connectivity index (χ1n) is 11.1. The molecule has 0 saturated carbocycles. The number of benzene rings is 2. The minimum absolute atomic E-state index is 0.103. The SMILES string of the molecule is CCOc1ccc(S(=O)(=O)N(C)CC(=O)Nc2ccc(CC(=O)N3CCCC3)cc2)cc1C. The van der Waals surface area contributed by atoms with Gasteiger partial charge in [0, 0.05) is 25.8 Å². The molecule has 0 aliphatic carbocycles. The number of sulfonamides is 1. The molecule has 9 heteroatoms. The van der Waals surface area contributed by atoms with Crippen molar-refractivity contribution in [2.24, 2.45) is 0 Å². The number of hydrogen-bond acceptors (Lipinski definition) is 5. The molecule has 1 saturated heterocycles. The molecule has 0 aromatic heterocycles. The number of anilines is 1. The third-order valence-corrected chi connectivity index (χ3v) is 7.37. The summed E-state index contributed by atoms with van der Waals surface area (Å²) in [5.41, 5.74) is 2.12. The molecule has 2 amide bonds.